The molecule has 0 aromatic rings. The standard InChI is InChI=1S/C12H24N2O4S/c1-9(2)14(6-4-7-15)12(18)13-10(11(16)17)5-8-19-3/h9-10,15H,4-8H2,1-3H3,(H,13,18)(H,16,17). The number of thioether (sulfide) groups is 1. The lowest BCUT2D eigenvalue weighted by atomic mass is 10.2. The maximum Gasteiger partial charge on any atom is 0.326 e. The molecular weight excluding hydrogens is 268 g/mol. The second-order valence-electron chi connectivity index (χ2n) is 4.49. The highest BCUT2D eigenvalue weighted by molar-refractivity contribution is 7.98. The summed E-state index contributed by atoms with van der Waals surface area (Å²) in [5.74, 6) is -0.344. The molecule has 6 nitrogen and oxygen atoms in total. The molecule has 2 amide bonds. The molecule has 0 aromatic heterocycles. The molecule has 0 aliphatic carbocycles. The van der Waals surface area contributed by atoms with Gasteiger partial charge in [-0.15, -0.1) is 0 Å². The van der Waals surface area contributed by atoms with Gasteiger partial charge in [0.2, 0.25) is 0 Å². The number of nitrogens with zero attached hydrogens (tertiary/aromatic N) is 1. The first-order valence-corrected chi connectivity index (χ1v) is 7.73. The lowest BCUT2D eigenvalue weighted by Crippen LogP contribution is -2.50. The number of carbonyl (C=O) groups excluding carboxylic acids is 1. The van der Waals surface area contributed by atoms with Crippen LogP contribution in [0.5, 0.6) is 0 Å². The number of carboxylic acid groups (broad SMARTS) is 1. The van der Waals surface area contributed by atoms with Gasteiger partial charge in [0.25, 0.3) is 0 Å². The van der Waals surface area contributed by atoms with Gasteiger partial charge in [-0.2, -0.15) is 11.8 Å². The van der Waals surface area contributed by atoms with E-state index in [1.165, 1.54) is 4.90 Å². The number of amides is 2. The zero-order valence-corrected chi connectivity index (χ0v) is 12.6. The Labute approximate surface area is 118 Å². The Bertz CT molecular complexity index is 287. The van der Waals surface area contributed by atoms with Crippen molar-refractivity contribution in [1.82, 2.24) is 10.2 Å². The maximum absolute atomic E-state index is 12.0. The molecule has 0 rings (SSSR count). The zero-order valence-electron chi connectivity index (χ0n) is 11.8. The van der Waals surface area contributed by atoms with Gasteiger partial charge in [0.15, 0.2) is 0 Å². The van der Waals surface area contributed by atoms with Crippen LogP contribution in [-0.4, -0.2) is 64.4 Å². The van der Waals surface area contributed by atoms with E-state index in [0.29, 0.717) is 25.1 Å². The molecule has 0 saturated carbocycles. The molecule has 0 aliphatic rings. The van der Waals surface area contributed by atoms with Gasteiger partial charge in [-0.25, -0.2) is 9.59 Å². The Morgan fingerprint density at radius 3 is 2.42 bits per heavy atom. The van der Waals surface area contributed by atoms with Crippen molar-refractivity contribution in [3.63, 3.8) is 0 Å². The number of rotatable bonds is 9. The second-order valence-corrected chi connectivity index (χ2v) is 5.47. The minimum absolute atomic E-state index is 0.00529. The summed E-state index contributed by atoms with van der Waals surface area (Å²) in [6, 6.07) is -1.30. The number of urea groups is 1. The van der Waals surface area contributed by atoms with Crippen LogP contribution in [0.25, 0.3) is 0 Å². The lowest BCUT2D eigenvalue weighted by molar-refractivity contribution is -0.139. The van der Waals surface area contributed by atoms with Crippen LogP contribution in [0, 0.1) is 0 Å². The summed E-state index contributed by atoms with van der Waals surface area (Å²) >= 11 is 1.54. The fraction of sp³-hybridized carbons (Fsp3) is 0.833. The van der Waals surface area contributed by atoms with Gasteiger partial charge in [-0.05, 0) is 38.7 Å². The van der Waals surface area contributed by atoms with Crippen molar-refractivity contribution in [2.75, 3.05) is 25.2 Å². The zero-order chi connectivity index (χ0) is 14.8. The molecule has 1 unspecified atom stereocenters. The van der Waals surface area contributed by atoms with E-state index in [2.05, 4.69) is 5.32 Å². The summed E-state index contributed by atoms with van der Waals surface area (Å²) in [6.45, 7) is 4.13. The molecule has 3 N–H and O–H groups in total. The molecule has 0 aliphatic heterocycles. The van der Waals surface area contributed by atoms with E-state index in [1.807, 2.05) is 20.1 Å². The van der Waals surface area contributed by atoms with Crippen molar-refractivity contribution in [2.24, 2.45) is 0 Å². The number of hydrogen-bond donors (Lipinski definition) is 3. The van der Waals surface area contributed by atoms with Gasteiger partial charge in [0, 0.05) is 19.2 Å². The van der Waals surface area contributed by atoms with Crippen molar-refractivity contribution in [1.29, 1.82) is 0 Å². The number of hydrogen-bond acceptors (Lipinski definition) is 4. The van der Waals surface area contributed by atoms with E-state index < -0.39 is 18.0 Å². The van der Waals surface area contributed by atoms with Gasteiger partial charge in [0.05, 0.1) is 0 Å². The molecule has 112 valence electrons. The monoisotopic (exact) mass is 292 g/mol. The third-order valence-electron chi connectivity index (χ3n) is 2.65. The fourth-order valence-electron chi connectivity index (χ4n) is 1.56. The topological polar surface area (TPSA) is 89.9 Å². The minimum atomic E-state index is -1.02. The molecule has 0 spiro atoms. The van der Waals surface area contributed by atoms with Crippen LogP contribution < -0.4 is 5.32 Å². The summed E-state index contributed by atoms with van der Waals surface area (Å²) in [4.78, 5) is 24.6. The summed E-state index contributed by atoms with van der Waals surface area (Å²) in [5.41, 5.74) is 0. The van der Waals surface area contributed by atoms with Crippen molar-refractivity contribution in [3.8, 4) is 0 Å². The Hall–Kier alpha value is -0.950. The number of nitrogens with one attached hydrogen (secondary N) is 1. The predicted molar refractivity (Wildman–Crippen MR) is 76.5 cm³/mol. The van der Waals surface area contributed by atoms with Crippen LogP contribution in [0.3, 0.4) is 0 Å². The van der Waals surface area contributed by atoms with Gasteiger partial charge in [0.1, 0.15) is 6.04 Å². The van der Waals surface area contributed by atoms with E-state index >= 15 is 0 Å². The Kier molecular flexibility index (Phi) is 9.42. The molecule has 7 heteroatoms. The average molecular weight is 292 g/mol. The second kappa shape index (κ2) is 9.91. The first kappa shape index (κ1) is 18.0. The van der Waals surface area contributed by atoms with Gasteiger partial charge in [-0.1, -0.05) is 0 Å². The van der Waals surface area contributed by atoms with Crippen LogP contribution in [0.1, 0.15) is 26.7 Å². The molecule has 0 radical (unpaired) electrons. The number of aliphatic hydroxyl groups excluding tert-OH is 1. The van der Waals surface area contributed by atoms with E-state index in [-0.39, 0.29) is 12.6 Å². The van der Waals surface area contributed by atoms with Crippen molar-refractivity contribution >= 4 is 23.8 Å². The quantitative estimate of drug-likeness (QED) is 0.590. The molecule has 0 bridgehead atoms. The molecule has 0 fully saturated rings. The van der Waals surface area contributed by atoms with E-state index in [4.69, 9.17) is 10.2 Å². The van der Waals surface area contributed by atoms with Crippen molar-refractivity contribution in [2.45, 2.75) is 38.8 Å². The molecule has 1 atom stereocenters. The number of carbonyl (C=O) groups is 2. The third kappa shape index (κ3) is 7.27. The van der Waals surface area contributed by atoms with Crippen LogP contribution in [-0.2, 0) is 4.79 Å². The predicted octanol–water partition coefficient (Wildman–Crippen LogP) is 0.995. The molecular formula is C12H24N2O4S. The van der Waals surface area contributed by atoms with Gasteiger partial charge >= 0.3 is 12.0 Å². The molecule has 19 heavy (non-hydrogen) atoms. The Balaban J connectivity index is 4.52. The smallest absolute Gasteiger partial charge is 0.326 e. The molecule has 0 aromatic carbocycles. The SMILES string of the molecule is CSCCC(NC(=O)N(CCCO)C(C)C)C(=O)O. The number of aliphatic carboxylic acids is 1. The van der Waals surface area contributed by atoms with E-state index in [1.54, 1.807) is 11.8 Å². The third-order valence-corrected chi connectivity index (χ3v) is 3.29. The van der Waals surface area contributed by atoms with Crippen LogP contribution in [0.2, 0.25) is 0 Å². The minimum Gasteiger partial charge on any atom is -0.480 e. The largest absolute Gasteiger partial charge is 0.480 e. The number of aliphatic hydroxyl groups is 1. The highest BCUT2D eigenvalue weighted by atomic mass is 32.2. The summed E-state index contributed by atoms with van der Waals surface area (Å²) < 4.78 is 0. The van der Waals surface area contributed by atoms with Crippen molar-refractivity contribution < 1.29 is 19.8 Å². The average Bonchev–Trinajstić information content (AvgIpc) is 2.34. The maximum atomic E-state index is 12.0. The Morgan fingerprint density at radius 1 is 1.37 bits per heavy atom. The molecule has 0 heterocycles. The highest BCUT2D eigenvalue weighted by Crippen LogP contribution is 2.05. The summed E-state index contributed by atoms with van der Waals surface area (Å²) in [7, 11) is 0. The highest BCUT2D eigenvalue weighted by Gasteiger charge is 2.23. The first-order chi connectivity index (χ1) is 8.93. The Morgan fingerprint density at radius 2 is 2.00 bits per heavy atom. The van der Waals surface area contributed by atoms with Crippen molar-refractivity contribution in [3.05, 3.63) is 0 Å². The van der Waals surface area contributed by atoms with Gasteiger partial charge in [-0.3, -0.25) is 0 Å². The summed E-state index contributed by atoms with van der Waals surface area (Å²) in [6.07, 6.45) is 2.77. The van der Waals surface area contributed by atoms with E-state index in [0.717, 1.165) is 0 Å². The molecule has 0 saturated heterocycles. The summed E-state index contributed by atoms with van der Waals surface area (Å²) in [5, 5.41) is 20.4. The lowest BCUT2D eigenvalue weighted by Gasteiger charge is -2.28. The van der Waals surface area contributed by atoms with Crippen LogP contribution in [0.4, 0.5) is 4.79 Å². The number of carboxylic acids is 1. The van der Waals surface area contributed by atoms with Crippen LogP contribution >= 0.6 is 11.8 Å². The normalized spacial score (nSPS) is 12.3. The fourth-order valence-corrected chi connectivity index (χ4v) is 2.03. The van der Waals surface area contributed by atoms with Gasteiger partial charge < -0.3 is 20.4 Å². The first-order valence-electron chi connectivity index (χ1n) is 6.33. The van der Waals surface area contributed by atoms with E-state index in [9.17, 15) is 9.59 Å². The van der Waals surface area contributed by atoms with Crippen LogP contribution in [0.15, 0.2) is 0 Å².